The van der Waals surface area contributed by atoms with Gasteiger partial charge in [0.25, 0.3) is 6.43 Å². The molecule has 0 bridgehead atoms. The van der Waals surface area contributed by atoms with E-state index in [2.05, 4.69) is 11.8 Å². The first-order valence-electron chi connectivity index (χ1n) is 5.35. The van der Waals surface area contributed by atoms with Crippen molar-refractivity contribution in [2.75, 3.05) is 13.2 Å². The summed E-state index contributed by atoms with van der Waals surface area (Å²) in [4.78, 5) is -0.0970. The van der Waals surface area contributed by atoms with Gasteiger partial charge < -0.3 is 5.11 Å². The zero-order valence-corrected chi connectivity index (χ0v) is 11.0. The van der Waals surface area contributed by atoms with E-state index in [1.165, 1.54) is 18.2 Å². The molecule has 0 amide bonds. The fourth-order valence-corrected chi connectivity index (χ4v) is 2.43. The van der Waals surface area contributed by atoms with Crippen molar-refractivity contribution >= 4 is 10.0 Å². The smallest absolute Gasteiger partial charge is 0.251 e. The average molecular weight is 289 g/mol. The number of halogens is 2. The van der Waals surface area contributed by atoms with E-state index in [1.54, 1.807) is 6.92 Å². The molecule has 1 aromatic rings. The number of rotatable bonds is 4. The van der Waals surface area contributed by atoms with Crippen LogP contribution in [0.2, 0.25) is 0 Å². The van der Waals surface area contributed by atoms with E-state index in [-0.39, 0.29) is 11.5 Å². The van der Waals surface area contributed by atoms with Crippen molar-refractivity contribution in [1.29, 1.82) is 0 Å². The van der Waals surface area contributed by atoms with Gasteiger partial charge in [-0.05, 0) is 30.7 Å². The topological polar surface area (TPSA) is 66.4 Å². The third-order valence-electron chi connectivity index (χ3n) is 2.24. The molecule has 4 nitrogen and oxygen atoms in total. The molecule has 0 saturated carbocycles. The molecule has 0 unspecified atom stereocenters. The lowest BCUT2D eigenvalue weighted by Gasteiger charge is -2.07. The molecule has 0 heterocycles. The maximum Gasteiger partial charge on any atom is 0.251 e. The molecule has 0 aromatic heterocycles. The van der Waals surface area contributed by atoms with Crippen LogP contribution in [-0.2, 0) is 10.0 Å². The molecule has 0 aliphatic heterocycles. The summed E-state index contributed by atoms with van der Waals surface area (Å²) in [5.74, 6) is 5.10. The average Bonchev–Trinajstić information content (AvgIpc) is 2.35. The number of hydrogen-bond donors (Lipinski definition) is 2. The highest BCUT2D eigenvalue weighted by molar-refractivity contribution is 7.89. The van der Waals surface area contributed by atoms with Crippen molar-refractivity contribution in [2.45, 2.75) is 18.2 Å². The molecule has 0 aliphatic carbocycles. The van der Waals surface area contributed by atoms with Crippen LogP contribution in [0.5, 0.6) is 0 Å². The van der Waals surface area contributed by atoms with E-state index >= 15 is 0 Å². The molecule has 1 rings (SSSR count). The Morgan fingerprint density at radius 1 is 1.42 bits per heavy atom. The lowest BCUT2D eigenvalue weighted by atomic mass is 10.1. The molecule has 0 fully saturated rings. The molecule has 0 saturated heterocycles. The normalized spacial score (nSPS) is 11.2. The Hall–Kier alpha value is -1.49. The first kappa shape index (κ1) is 15.6. The second kappa shape index (κ2) is 6.61. The Kier molecular flexibility index (Phi) is 5.42. The second-order valence-electron chi connectivity index (χ2n) is 3.68. The number of aryl methyl sites for hydroxylation is 1. The highest BCUT2D eigenvalue weighted by atomic mass is 32.2. The van der Waals surface area contributed by atoms with Gasteiger partial charge >= 0.3 is 0 Å². The minimum atomic E-state index is -3.94. The van der Waals surface area contributed by atoms with Crippen LogP contribution in [0, 0.1) is 18.8 Å². The van der Waals surface area contributed by atoms with Crippen molar-refractivity contribution in [3.63, 3.8) is 0 Å². The van der Waals surface area contributed by atoms with Crippen molar-refractivity contribution in [1.82, 2.24) is 4.72 Å². The van der Waals surface area contributed by atoms with Crippen LogP contribution in [0.4, 0.5) is 8.78 Å². The first-order valence-corrected chi connectivity index (χ1v) is 6.83. The van der Waals surface area contributed by atoms with Gasteiger partial charge in [-0.1, -0.05) is 11.8 Å². The zero-order chi connectivity index (χ0) is 14.5. The summed E-state index contributed by atoms with van der Waals surface area (Å²) in [5, 5.41) is 8.57. The minimum Gasteiger partial charge on any atom is -0.384 e. The first-order chi connectivity index (χ1) is 8.86. The van der Waals surface area contributed by atoms with E-state index in [4.69, 9.17) is 5.11 Å². The van der Waals surface area contributed by atoms with Crippen LogP contribution in [0.25, 0.3) is 0 Å². The largest absolute Gasteiger partial charge is 0.384 e. The highest BCUT2D eigenvalue weighted by Crippen LogP contribution is 2.14. The van der Waals surface area contributed by atoms with Gasteiger partial charge in [-0.2, -0.15) is 0 Å². The molecule has 0 atom stereocenters. The third kappa shape index (κ3) is 4.59. The van der Waals surface area contributed by atoms with Gasteiger partial charge in [0.1, 0.15) is 6.61 Å². The Morgan fingerprint density at radius 3 is 2.63 bits per heavy atom. The van der Waals surface area contributed by atoms with Crippen LogP contribution in [-0.4, -0.2) is 33.1 Å². The predicted molar refractivity (Wildman–Crippen MR) is 66.3 cm³/mol. The van der Waals surface area contributed by atoms with Crippen LogP contribution < -0.4 is 4.72 Å². The van der Waals surface area contributed by atoms with Gasteiger partial charge in [-0.25, -0.2) is 21.9 Å². The van der Waals surface area contributed by atoms with Crippen molar-refractivity contribution in [2.24, 2.45) is 0 Å². The number of alkyl halides is 2. The summed E-state index contributed by atoms with van der Waals surface area (Å²) < 4.78 is 49.2. The van der Waals surface area contributed by atoms with E-state index < -0.39 is 23.0 Å². The maximum absolute atomic E-state index is 12.0. The van der Waals surface area contributed by atoms with Gasteiger partial charge in [-0.15, -0.1) is 0 Å². The standard InChI is InChI=1S/C12H13F2NO3S/c1-9-7-11(5-4-10(9)3-2-6-16)19(17,18)15-8-12(13)14/h4-5,7,12,15-16H,6,8H2,1H3. The van der Waals surface area contributed by atoms with Crippen LogP contribution in [0.3, 0.4) is 0 Å². The molecular formula is C12H13F2NO3S. The molecule has 2 N–H and O–H groups in total. The van der Waals surface area contributed by atoms with Gasteiger partial charge in [0, 0.05) is 5.56 Å². The Morgan fingerprint density at radius 2 is 2.11 bits per heavy atom. The Bertz CT molecular complexity index is 603. The summed E-state index contributed by atoms with van der Waals surface area (Å²) in [7, 11) is -3.94. The van der Waals surface area contributed by atoms with Crippen LogP contribution >= 0.6 is 0 Å². The lowest BCUT2D eigenvalue weighted by Crippen LogP contribution is -2.28. The molecule has 0 aliphatic rings. The Labute approximate surface area is 110 Å². The van der Waals surface area contributed by atoms with Crippen molar-refractivity contribution in [3.05, 3.63) is 29.3 Å². The number of benzene rings is 1. The minimum absolute atomic E-state index is 0.0970. The maximum atomic E-state index is 12.0. The second-order valence-corrected chi connectivity index (χ2v) is 5.45. The van der Waals surface area contributed by atoms with E-state index in [1.807, 2.05) is 4.72 Å². The van der Waals surface area contributed by atoms with E-state index in [0.29, 0.717) is 11.1 Å². The number of aliphatic hydroxyl groups excluding tert-OH is 1. The molecule has 19 heavy (non-hydrogen) atoms. The molecule has 1 aromatic carbocycles. The Balaban J connectivity index is 3.00. The highest BCUT2D eigenvalue weighted by Gasteiger charge is 2.16. The molecular weight excluding hydrogens is 276 g/mol. The van der Waals surface area contributed by atoms with Crippen LogP contribution in [0.1, 0.15) is 11.1 Å². The summed E-state index contributed by atoms with van der Waals surface area (Å²) in [5.41, 5.74) is 1.16. The molecule has 104 valence electrons. The van der Waals surface area contributed by atoms with Crippen LogP contribution in [0.15, 0.2) is 23.1 Å². The van der Waals surface area contributed by atoms with Crippen molar-refractivity contribution in [3.8, 4) is 11.8 Å². The quantitative estimate of drug-likeness (QED) is 0.809. The summed E-state index contributed by atoms with van der Waals surface area (Å²) in [6, 6.07) is 4.09. The number of sulfonamides is 1. The molecule has 0 spiro atoms. The number of nitrogens with one attached hydrogen (secondary N) is 1. The summed E-state index contributed by atoms with van der Waals surface area (Å²) in [6.45, 7) is 0.427. The summed E-state index contributed by atoms with van der Waals surface area (Å²) >= 11 is 0. The fourth-order valence-electron chi connectivity index (χ4n) is 1.33. The van der Waals surface area contributed by atoms with E-state index in [9.17, 15) is 17.2 Å². The number of aliphatic hydroxyl groups is 1. The zero-order valence-electron chi connectivity index (χ0n) is 10.2. The van der Waals surface area contributed by atoms with Gasteiger partial charge in [0.15, 0.2) is 0 Å². The third-order valence-corrected chi connectivity index (χ3v) is 3.66. The van der Waals surface area contributed by atoms with Gasteiger partial charge in [0.05, 0.1) is 11.4 Å². The molecule has 0 radical (unpaired) electrons. The van der Waals surface area contributed by atoms with Gasteiger partial charge in [-0.3, -0.25) is 0 Å². The van der Waals surface area contributed by atoms with Crippen molar-refractivity contribution < 1.29 is 22.3 Å². The summed E-state index contributed by atoms with van der Waals surface area (Å²) in [6.07, 6.45) is -2.74. The van der Waals surface area contributed by atoms with Gasteiger partial charge in [0.2, 0.25) is 10.0 Å². The lowest BCUT2D eigenvalue weighted by molar-refractivity contribution is 0.153. The molecule has 7 heteroatoms. The van der Waals surface area contributed by atoms with E-state index in [0.717, 1.165) is 0 Å². The fraction of sp³-hybridized carbons (Fsp3) is 0.333. The monoisotopic (exact) mass is 289 g/mol. The number of hydrogen-bond acceptors (Lipinski definition) is 3. The predicted octanol–water partition coefficient (Wildman–Crippen LogP) is 0.882. The SMILES string of the molecule is Cc1cc(S(=O)(=O)NCC(F)F)ccc1C#CCO.